The summed E-state index contributed by atoms with van der Waals surface area (Å²) in [6.07, 6.45) is 0. The Morgan fingerprint density at radius 2 is 2.00 bits per heavy atom. The minimum Gasteiger partial charge on any atom is -0.480 e. The van der Waals surface area contributed by atoms with Crippen LogP contribution in [0, 0.1) is 0 Å². The Morgan fingerprint density at radius 1 is 1.44 bits per heavy atom. The van der Waals surface area contributed by atoms with Crippen LogP contribution in [0.5, 0.6) is 0 Å². The van der Waals surface area contributed by atoms with Crippen molar-refractivity contribution in [2.75, 3.05) is 6.54 Å². The van der Waals surface area contributed by atoms with Crippen molar-refractivity contribution in [3.8, 4) is 0 Å². The van der Waals surface area contributed by atoms with Crippen LogP contribution in [-0.4, -0.2) is 23.7 Å². The lowest BCUT2D eigenvalue weighted by Crippen LogP contribution is -2.40. The van der Waals surface area contributed by atoms with Gasteiger partial charge in [0, 0.05) is 5.56 Å². The molecule has 0 spiro atoms. The van der Waals surface area contributed by atoms with E-state index in [-0.39, 0.29) is 5.56 Å². The van der Waals surface area contributed by atoms with Crippen LogP contribution in [0.15, 0.2) is 30.3 Å². The smallest absolute Gasteiger partial charge is 0.320 e. The molecule has 0 saturated carbocycles. The molecule has 1 aromatic carbocycles. The van der Waals surface area contributed by atoms with Crippen LogP contribution in [0.3, 0.4) is 0 Å². The molecule has 0 aromatic heterocycles. The Morgan fingerprint density at radius 3 is 2.50 bits per heavy atom. The molecule has 1 rings (SSSR count). The van der Waals surface area contributed by atoms with E-state index in [1.165, 1.54) is 31.2 Å². The first-order valence-corrected chi connectivity index (χ1v) is 4.83. The first kappa shape index (κ1) is 12.6. The van der Waals surface area contributed by atoms with E-state index in [0.29, 0.717) is 0 Å². The maximum atomic E-state index is 13.5. The summed E-state index contributed by atoms with van der Waals surface area (Å²) < 4.78 is 27.0. The fourth-order valence-electron chi connectivity index (χ4n) is 1.15. The number of alkyl halides is 2. The highest BCUT2D eigenvalue weighted by atomic mass is 19.3. The van der Waals surface area contributed by atoms with Crippen molar-refractivity contribution >= 4 is 5.97 Å². The molecular weight excluding hydrogens is 216 g/mol. The zero-order valence-electron chi connectivity index (χ0n) is 8.78. The molecule has 0 aliphatic heterocycles. The number of nitrogens with one attached hydrogen (secondary N) is 1. The molecule has 0 saturated heterocycles. The van der Waals surface area contributed by atoms with Crippen molar-refractivity contribution in [1.29, 1.82) is 0 Å². The summed E-state index contributed by atoms with van der Waals surface area (Å²) in [5, 5.41) is 10.8. The van der Waals surface area contributed by atoms with E-state index in [9.17, 15) is 13.6 Å². The molecule has 0 radical (unpaired) electrons. The molecule has 3 nitrogen and oxygen atoms in total. The molecule has 1 aromatic rings. The predicted octanol–water partition coefficient (Wildman–Crippen LogP) is 1.84. The summed E-state index contributed by atoms with van der Waals surface area (Å²) in [6.45, 7) is 0.633. The molecule has 0 amide bonds. The van der Waals surface area contributed by atoms with E-state index in [1.807, 2.05) is 0 Å². The Kier molecular flexibility index (Phi) is 3.95. The number of benzene rings is 1. The minimum absolute atomic E-state index is 0.125. The van der Waals surface area contributed by atoms with E-state index in [2.05, 4.69) is 5.32 Å². The number of hydrogen-bond donors (Lipinski definition) is 2. The summed E-state index contributed by atoms with van der Waals surface area (Å²) in [5.74, 6) is -4.21. The first-order chi connectivity index (χ1) is 7.43. The zero-order chi connectivity index (χ0) is 12.2. The molecule has 2 N–H and O–H groups in total. The molecule has 5 heteroatoms. The SMILES string of the molecule is C[C@@H](NCC(F)(F)c1ccccc1)C(=O)O. The van der Waals surface area contributed by atoms with Gasteiger partial charge in [-0.15, -0.1) is 0 Å². The summed E-state index contributed by atoms with van der Waals surface area (Å²) in [5.41, 5.74) is -0.125. The van der Waals surface area contributed by atoms with Gasteiger partial charge in [-0.3, -0.25) is 10.1 Å². The molecule has 0 unspecified atom stereocenters. The normalized spacial score (nSPS) is 13.4. The maximum absolute atomic E-state index is 13.5. The van der Waals surface area contributed by atoms with Crippen LogP contribution in [0.1, 0.15) is 12.5 Å². The van der Waals surface area contributed by atoms with Gasteiger partial charge in [0.15, 0.2) is 0 Å². The fraction of sp³-hybridized carbons (Fsp3) is 0.364. The van der Waals surface area contributed by atoms with Crippen molar-refractivity contribution in [3.63, 3.8) is 0 Å². The predicted molar refractivity (Wildman–Crippen MR) is 55.4 cm³/mol. The Bertz CT molecular complexity index is 354. The Balaban J connectivity index is 2.62. The minimum atomic E-state index is -3.06. The van der Waals surface area contributed by atoms with E-state index in [4.69, 9.17) is 5.11 Å². The average Bonchev–Trinajstić information content (AvgIpc) is 2.27. The Hall–Kier alpha value is -1.49. The summed E-state index contributed by atoms with van der Waals surface area (Å²) in [4.78, 5) is 10.4. The van der Waals surface area contributed by atoms with Crippen molar-refractivity contribution in [2.24, 2.45) is 0 Å². The number of carboxylic acid groups (broad SMARTS) is 1. The van der Waals surface area contributed by atoms with Gasteiger partial charge in [0.1, 0.15) is 6.04 Å². The average molecular weight is 229 g/mol. The van der Waals surface area contributed by atoms with E-state index < -0.39 is 24.5 Å². The number of hydrogen-bond acceptors (Lipinski definition) is 2. The lowest BCUT2D eigenvalue weighted by molar-refractivity contribution is -0.139. The third kappa shape index (κ3) is 3.27. The van der Waals surface area contributed by atoms with Crippen LogP contribution < -0.4 is 5.32 Å². The summed E-state index contributed by atoms with van der Waals surface area (Å²) in [7, 11) is 0. The zero-order valence-corrected chi connectivity index (χ0v) is 8.78. The van der Waals surface area contributed by atoms with Crippen molar-refractivity contribution in [3.05, 3.63) is 35.9 Å². The third-order valence-corrected chi connectivity index (χ3v) is 2.20. The van der Waals surface area contributed by atoms with Crippen LogP contribution in [-0.2, 0) is 10.7 Å². The quantitative estimate of drug-likeness (QED) is 0.810. The first-order valence-electron chi connectivity index (χ1n) is 4.83. The van der Waals surface area contributed by atoms with Crippen LogP contribution in [0.4, 0.5) is 8.78 Å². The Labute approximate surface area is 92.1 Å². The molecule has 0 bridgehead atoms. The van der Waals surface area contributed by atoms with Gasteiger partial charge in [0.05, 0.1) is 6.54 Å². The number of halogens is 2. The van der Waals surface area contributed by atoms with Crippen molar-refractivity contribution in [1.82, 2.24) is 5.32 Å². The van der Waals surface area contributed by atoms with Gasteiger partial charge in [0.25, 0.3) is 5.92 Å². The van der Waals surface area contributed by atoms with Gasteiger partial charge in [-0.25, -0.2) is 0 Å². The summed E-state index contributed by atoms with van der Waals surface area (Å²) in [6, 6.07) is 6.32. The topological polar surface area (TPSA) is 49.3 Å². The lowest BCUT2D eigenvalue weighted by atomic mass is 10.1. The van der Waals surface area contributed by atoms with Crippen LogP contribution in [0.2, 0.25) is 0 Å². The molecule has 1 atom stereocenters. The highest BCUT2D eigenvalue weighted by molar-refractivity contribution is 5.72. The van der Waals surface area contributed by atoms with Crippen molar-refractivity contribution < 1.29 is 18.7 Å². The number of rotatable bonds is 5. The van der Waals surface area contributed by atoms with Crippen molar-refractivity contribution in [2.45, 2.75) is 18.9 Å². The van der Waals surface area contributed by atoms with Gasteiger partial charge in [-0.1, -0.05) is 30.3 Å². The molecule has 0 fully saturated rings. The lowest BCUT2D eigenvalue weighted by Gasteiger charge is -2.19. The second-order valence-electron chi connectivity index (χ2n) is 3.51. The summed E-state index contributed by atoms with van der Waals surface area (Å²) >= 11 is 0. The van der Waals surface area contributed by atoms with Gasteiger partial charge in [-0.2, -0.15) is 8.78 Å². The monoisotopic (exact) mass is 229 g/mol. The number of carboxylic acids is 1. The van der Waals surface area contributed by atoms with E-state index >= 15 is 0 Å². The largest absolute Gasteiger partial charge is 0.480 e. The molecule has 0 aliphatic rings. The highest BCUT2D eigenvalue weighted by Crippen LogP contribution is 2.26. The molecular formula is C11H13F2NO2. The van der Waals surface area contributed by atoms with Gasteiger partial charge in [-0.05, 0) is 6.92 Å². The highest BCUT2D eigenvalue weighted by Gasteiger charge is 2.31. The third-order valence-electron chi connectivity index (χ3n) is 2.20. The van der Waals surface area contributed by atoms with E-state index in [1.54, 1.807) is 6.07 Å². The van der Waals surface area contributed by atoms with Crippen LogP contribution >= 0.6 is 0 Å². The fourth-order valence-corrected chi connectivity index (χ4v) is 1.15. The van der Waals surface area contributed by atoms with Crippen LogP contribution in [0.25, 0.3) is 0 Å². The van der Waals surface area contributed by atoms with E-state index in [0.717, 1.165) is 0 Å². The second-order valence-corrected chi connectivity index (χ2v) is 3.51. The molecule has 0 heterocycles. The van der Waals surface area contributed by atoms with Gasteiger partial charge in [0.2, 0.25) is 0 Å². The molecule has 0 aliphatic carbocycles. The molecule has 16 heavy (non-hydrogen) atoms. The van der Waals surface area contributed by atoms with Gasteiger partial charge < -0.3 is 5.11 Å². The standard InChI is InChI=1S/C11H13F2NO2/c1-8(10(15)16)14-7-11(12,13)9-5-3-2-4-6-9/h2-6,8,14H,7H2,1H3,(H,15,16)/t8-/m1/s1. The molecule has 88 valence electrons. The number of carbonyl (C=O) groups is 1. The number of aliphatic carboxylic acids is 1. The second kappa shape index (κ2) is 5.03. The maximum Gasteiger partial charge on any atom is 0.320 e. The van der Waals surface area contributed by atoms with Gasteiger partial charge >= 0.3 is 5.97 Å².